The molecule has 0 atom stereocenters. The molecule has 0 radical (unpaired) electrons. The maximum atomic E-state index is 10.7. The lowest BCUT2D eigenvalue weighted by molar-refractivity contribution is -0.384. The normalized spacial score (nSPS) is 11.3. The van der Waals surface area contributed by atoms with Crippen LogP contribution in [0.25, 0.3) is 22.7 Å². The van der Waals surface area contributed by atoms with Gasteiger partial charge >= 0.3 is 0 Å². The topological polar surface area (TPSA) is 105 Å². The highest BCUT2D eigenvalue weighted by Crippen LogP contribution is 2.29. The Kier molecular flexibility index (Phi) is 5.78. The molecule has 4 rings (SSSR count). The van der Waals surface area contributed by atoms with Crippen LogP contribution < -0.4 is 4.74 Å². The van der Waals surface area contributed by atoms with Gasteiger partial charge in [-0.2, -0.15) is 5.26 Å². The van der Waals surface area contributed by atoms with Gasteiger partial charge in [-0.05, 0) is 69.5 Å². The lowest BCUT2D eigenvalue weighted by Crippen LogP contribution is -1.97. The van der Waals surface area contributed by atoms with E-state index in [9.17, 15) is 15.4 Å². The summed E-state index contributed by atoms with van der Waals surface area (Å²) in [5.41, 5.74) is 3.76. The van der Waals surface area contributed by atoms with E-state index >= 15 is 0 Å². The van der Waals surface area contributed by atoms with Crippen molar-refractivity contribution in [1.82, 2.24) is 9.97 Å². The van der Waals surface area contributed by atoms with E-state index in [0.29, 0.717) is 17.1 Å². The summed E-state index contributed by atoms with van der Waals surface area (Å²) in [6.45, 7) is 0.272. The van der Waals surface area contributed by atoms with Crippen LogP contribution in [0.3, 0.4) is 0 Å². The van der Waals surface area contributed by atoms with Crippen LogP contribution in [0.1, 0.15) is 17.0 Å². The minimum atomic E-state index is -0.436. The molecule has 1 heterocycles. The van der Waals surface area contributed by atoms with E-state index in [1.54, 1.807) is 24.3 Å². The number of nitrogens with zero attached hydrogens (tertiary/aromatic N) is 3. The molecule has 0 bridgehead atoms. The number of nitro benzene ring substituents is 1. The number of imidazole rings is 1. The van der Waals surface area contributed by atoms with Crippen LogP contribution in [-0.4, -0.2) is 14.9 Å². The molecule has 0 aliphatic rings. The van der Waals surface area contributed by atoms with Crippen LogP contribution in [0.4, 0.5) is 5.69 Å². The molecule has 0 unspecified atom stereocenters. The van der Waals surface area contributed by atoms with Crippen LogP contribution in [0.15, 0.2) is 71.2 Å². The fourth-order valence-corrected chi connectivity index (χ4v) is 3.51. The van der Waals surface area contributed by atoms with Crippen molar-refractivity contribution in [3.05, 3.63) is 98.3 Å². The summed E-state index contributed by atoms with van der Waals surface area (Å²) in [7, 11) is 0. The number of nitrogens with one attached hydrogen (secondary N) is 1. The number of aromatic amines is 1. The SMILES string of the molecule is N#CC(=Cc1ccc(OCc2ccc([N+](=O)[O-])cc2)c(Br)c1)c1nc2ccccc2[nH]1. The summed E-state index contributed by atoms with van der Waals surface area (Å²) in [5, 5.41) is 20.3. The van der Waals surface area contributed by atoms with E-state index in [4.69, 9.17) is 4.74 Å². The van der Waals surface area contributed by atoms with E-state index in [1.165, 1.54) is 12.1 Å². The number of benzene rings is 3. The Morgan fingerprint density at radius 1 is 1.19 bits per heavy atom. The van der Waals surface area contributed by atoms with Gasteiger partial charge in [-0.25, -0.2) is 4.98 Å². The predicted octanol–water partition coefficient (Wildman–Crippen LogP) is 5.88. The van der Waals surface area contributed by atoms with Crippen LogP contribution in [0, 0.1) is 21.4 Å². The van der Waals surface area contributed by atoms with Crippen molar-refractivity contribution in [3.8, 4) is 11.8 Å². The molecular formula is C23H15BrN4O3. The third kappa shape index (κ3) is 4.63. The molecule has 0 amide bonds. The van der Waals surface area contributed by atoms with Crippen molar-refractivity contribution < 1.29 is 9.66 Å². The van der Waals surface area contributed by atoms with Crippen LogP contribution in [0.2, 0.25) is 0 Å². The molecule has 0 saturated carbocycles. The second kappa shape index (κ2) is 8.81. The van der Waals surface area contributed by atoms with Gasteiger partial charge in [-0.1, -0.05) is 18.2 Å². The Morgan fingerprint density at radius 2 is 1.97 bits per heavy atom. The van der Waals surface area contributed by atoms with Crippen molar-refractivity contribution in [1.29, 1.82) is 5.26 Å². The Bertz CT molecular complexity index is 1300. The minimum absolute atomic E-state index is 0.0406. The Labute approximate surface area is 185 Å². The van der Waals surface area contributed by atoms with E-state index in [1.807, 2.05) is 36.4 Å². The van der Waals surface area contributed by atoms with Gasteiger partial charge in [0.05, 0.1) is 26.0 Å². The summed E-state index contributed by atoms with van der Waals surface area (Å²) in [6.07, 6.45) is 1.75. The van der Waals surface area contributed by atoms with Gasteiger partial charge in [-0.3, -0.25) is 10.1 Å². The molecule has 0 fully saturated rings. The van der Waals surface area contributed by atoms with E-state index in [-0.39, 0.29) is 12.3 Å². The standard InChI is InChI=1S/C23H15BrN4O3/c24-19-12-16(11-17(13-25)23-26-20-3-1-2-4-21(20)27-23)7-10-22(19)31-14-15-5-8-18(9-6-15)28(29)30/h1-12H,14H2,(H,26,27). The zero-order valence-electron chi connectivity index (χ0n) is 16.1. The number of H-pyrrole nitrogens is 1. The van der Waals surface area contributed by atoms with Gasteiger partial charge in [0.2, 0.25) is 0 Å². The predicted molar refractivity (Wildman–Crippen MR) is 121 cm³/mol. The number of hydrogen-bond donors (Lipinski definition) is 1. The van der Waals surface area contributed by atoms with Crippen LogP contribution in [-0.2, 0) is 6.61 Å². The van der Waals surface area contributed by atoms with E-state index in [0.717, 1.165) is 26.6 Å². The first-order valence-corrected chi connectivity index (χ1v) is 10.1. The fraction of sp³-hybridized carbons (Fsp3) is 0.0435. The third-order valence-corrected chi connectivity index (χ3v) is 5.19. The van der Waals surface area contributed by atoms with Gasteiger partial charge in [0.15, 0.2) is 0 Å². The first kappa shape index (κ1) is 20.3. The second-order valence-corrected chi connectivity index (χ2v) is 7.53. The lowest BCUT2D eigenvalue weighted by Gasteiger charge is -2.09. The maximum Gasteiger partial charge on any atom is 0.269 e. The monoisotopic (exact) mass is 474 g/mol. The summed E-state index contributed by atoms with van der Waals surface area (Å²) >= 11 is 3.50. The molecule has 1 N–H and O–H groups in total. The zero-order valence-corrected chi connectivity index (χ0v) is 17.7. The van der Waals surface area contributed by atoms with Gasteiger partial charge in [0.1, 0.15) is 24.3 Å². The molecule has 7 nitrogen and oxygen atoms in total. The molecule has 1 aromatic heterocycles. The maximum absolute atomic E-state index is 10.7. The minimum Gasteiger partial charge on any atom is -0.488 e. The molecule has 3 aromatic carbocycles. The largest absolute Gasteiger partial charge is 0.488 e. The smallest absolute Gasteiger partial charge is 0.269 e. The van der Waals surface area contributed by atoms with E-state index < -0.39 is 4.92 Å². The number of aromatic nitrogens is 2. The van der Waals surface area contributed by atoms with Gasteiger partial charge < -0.3 is 9.72 Å². The van der Waals surface area contributed by atoms with E-state index in [2.05, 4.69) is 32.0 Å². The Hall–Kier alpha value is -3.96. The summed E-state index contributed by atoms with van der Waals surface area (Å²) in [6, 6.07) is 21.5. The van der Waals surface area contributed by atoms with Gasteiger partial charge in [0.25, 0.3) is 5.69 Å². The second-order valence-electron chi connectivity index (χ2n) is 6.67. The number of halogens is 1. The number of non-ortho nitro benzene ring substituents is 1. The van der Waals surface area contributed by atoms with Gasteiger partial charge in [0, 0.05) is 12.1 Å². The quantitative estimate of drug-likeness (QED) is 0.213. The number of allylic oxidation sites excluding steroid dienone is 1. The van der Waals surface area contributed by atoms with Gasteiger partial charge in [-0.15, -0.1) is 0 Å². The first-order chi connectivity index (χ1) is 15.0. The molecule has 0 spiro atoms. The van der Waals surface area contributed by atoms with Crippen LogP contribution >= 0.6 is 15.9 Å². The van der Waals surface area contributed by atoms with Crippen molar-refractivity contribution >= 4 is 44.3 Å². The van der Waals surface area contributed by atoms with Crippen molar-refractivity contribution in [2.75, 3.05) is 0 Å². The average molecular weight is 475 g/mol. The molecule has 8 heteroatoms. The van der Waals surface area contributed by atoms with Crippen molar-refractivity contribution in [2.45, 2.75) is 6.61 Å². The van der Waals surface area contributed by atoms with Crippen molar-refractivity contribution in [3.63, 3.8) is 0 Å². The molecule has 0 saturated heterocycles. The number of hydrogen-bond acceptors (Lipinski definition) is 5. The zero-order chi connectivity index (χ0) is 21.8. The molecule has 152 valence electrons. The highest BCUT2D eigenvalue weighted by Gasteiger charge is 2.09. The Morgan fingerprint density at radius 3 is 2.65 bits per heavy atom. The summed E-state index contributed by atoms with van der Waals surface area (Å²) in [5.74, 6) is 1.14. The molecule has 0 aliphatic carbocycles. The average Bonchev–Trinajstić information content (AvgIpc) is 3.21. The summed E-state index contributed by atoms with van der Waals surface area (Å²) in [4.78, 5) is 17.9. The highest BCUT2D eigenvalue weighted by molar-refractivity contribution is 9.10. The molecule has 31 heavy (non-hydrogen) atoms. The molecule has 4 aromatic rings. The number of nitriles is 1. The first-order valence-electron chi connectivity index (χ1n) is 9.26. The number of rotatable bonds is 6. The molecule has 0 aliphatic heterocycles. The Balaban J connectivity index is 1.50. The lowest BCUT2D eigenvalue weighted by atomic mass is 10.1. The summed E-state index contributed by atoms with van der Waals surface area (Å²) < 4.78 is 6.54. The fourth-order valence-electron chi connectivity index (χ4n) is 3.00. The number of ether oxygens (including phenoxy) is 1. The van der Waals surface area contributed by atoms with Crippen LogP contribution in [0.5, 0.6) is 5.75 Å². The molecular weight excluding hydrogens is 460 g/mol. The number of fused-ring (bicyclic) bond motifs is 1. The number of nitro groups is 1. The number of para-hydroxylation sites is 2. The van der Waals surface area contributed by atoms with Crippen molar-refractivity contribution in [2.24, 2.45) is 0 Å². The highest BCUT2D eigenvalue weighted by atomic mass is 79.9. The third-order valence-electron chi connectivity index (χ3n) is 4.57.